The predicted octanol–water partition coefficient (Wildman–Crippen LogP) is 1.55. The number of Topliss-reactive ketones (excluding diaryl/α,β-unsaturated/α-hetero) is 1. The number of carbonyl (C=O) groups is 2. The lowest BCUT2D eigenvalue weighted by molar-refractivity contribution is -0.144. The molecular formula is C14H19NO4. The Balaban J connectivity index is 2.75. The highest BCUT2D eigenvalue weighted by Crippen LogP contribution is 2.20. The number of hydrogen-bond acceptors (Lipinski definition) is 5. The topological polar surface area (TPSA) is 78.6 Å². The maximum absolute atomic E-state index is 12.1. The molecule has 0 saturated carbocycles. The van der Waals surface area contributed by atoms with Crippen molar-refractivity contribution in [3.8, 4) is 5.75 Å². The highest BCUT2D eigenvalue weighted by Gasteiger charge is 2.21. The third kappa shape index (κ3) is 4.37. The Morgan fingerprint density at radius 1 is 1.21 bits per heavy atom. The summed E-state index contributed by atoms with van der Waals surface area (Å²) in [6.07, 6.45) is -0.0943. The van der Waals surface area contributed by atoms with Gasteiger partial charge in [0.15, 0.2) is 5.78 Å². The minimum atomic E-state index is -0.942. The van der Waals surface area contributed by atoms with Gasteiger partial charge in [0.25, 0.3) is 0 Å². The van der Waals surface area contributed by atoms with Crippen molar-refractivity contribution in [2.75, 3.05) is 13.2 Å². The SMILES string of the molecule is CCOC(=O)C(N)CC(=O)c1ccccc1OCC. The molecule has 1 rings (SSSR count). The Kier molecular flexibility index (Phi) is 6.02. The monoisotopic (exact) mass is 265 g/mol. The van der Waals surface area contributed by atoms with Crippen LogP contribution < -0.4 is 10.5 Å². The van der Waals surface area contributed by atoms with Gasteiger partial charge in [0.2, 0.25) is 0 Å². The van der Waals surface area contributed by atoms with Crippen LogP contribution in [0.25, 0.3) is 0 Å². The van der Waals surface area contributed by atoms with Crippen LogP contribution in [0.3, 0.4) is 0 Å². The van der Waals surface area contributed by atoms with Gasteiger partial charge in [0.1, 0.15) is 11.8 Å². The second-order valence-corrected chi connectivity index (χ2v) is 3.92. The summed E-state index contributed by atoms with van der Waals surface area (Å²) in [5.74, 6) is -0.291. The first-order chi connectivity index (χ1) is 9.10. The van der Waals surface area contributed by atoms with Gasteiger partial charge in [0, 0.05) is 6.42 Å². The van der Waals surface area contributed by atoms with Gasteiger partial charge in [-0.1, -0.05) is 12.1 Å². The van der Waals surface area contributed by atoms with Gasteiger partial charge in [-0.05, 0) is 26.0 Å². The molecule has 2 N–H and O–H groups in total. The molecule has 5 nitrogen and oxygen atoms in total. The largest absolute Gasteiger partial charge is 0.493 e. The first kappa shape index (κ1) is 15.2. The highest BCUT2D eigenvalue weighted by molar-refractivity contribution is 6.01. The lowest BCUT2D eigenvalue weighted by Gasteiger charge is -2.12. The van der Waals surface area contributed by atoms with Crippen molar-refractivity contribution in [2.24, 2.45) is 5.73 Å². The maximum atomic E-state index is 12.1. The molecule has 1 atom stereocenters. The predicted molar refractivity (Wildman–Crippen MR) is 71.2 cm³/mol. The number of esters is 1. The molecule has 0 fully saturated rings. The number of ketones is 1. The molecule has 0 radical (unpaired) electrons. The van der Waals surface area contributed by atoms with E-state index in [0.29, 0.717) is 17.9 Å². The second kappa shape index (κ2) is 7.53. The molecule has 0 aliphatic rings. The lowest BCUT2D eigenvalue weighted by Crippen LogP contribution is -2.34. The molecule has 0 aliphatic carbocycles. The van der Waals surface area contributed by atoms with Crippen LogP contribution in [0.15, 0.2) is 24.3 Å². The van der Waals surface area contributed by atoms with Gasteiger partial charge >= 0.3 is 5.97 Å². The fraction of sp³-hybridized carbons (Fsp3) is 0.429. The van der Waals surface area contributed by atoms with Crippen LogP contribution >= 0.6 is 0 Å². The minimum Gasteiger partial charge on any atom is -0.493 e. The van der Waals surface area contributed by atoms with Gasteiger partial charge in [0.05, 0.1) is 18.8 Å². The van der Waals surface area contributed by atoms with Crippen LogP contribution in [0, 0.1) is 0 Å². The number of hydrogen-bond donors (Lipinski definition) is 1. The average Bonchev–Trinajstić information content (AvgIpc) is 2.39. The van der Waals surface area contributed by atoms with Crippen molar-refractivity contribution >= 4 is 11.8 Å². The first-order valence-electron chi connectivity index (χ1n) is 6.27. The summed E-state index contributed by atoms with van der Waals surface area (Å²) in [6.45, 7) is 4.24. The summed E-state index contributed by atoms with van der Waals surface area (Å²) < 4.78 is 10.1. The van der Waals surface area contributed by atoms with Crippen LogP contribution in [0.4, 0.5) is 0 Å². The molecule has 0 heterocycles. The molecule has 104 valence electrons. The molecule has 19 heavy (non-hydrogen) atoms. The number of rotatable bonds is 7. The molecule has 0 aromatic heterocycles. The lowest BCUT2D eigenvalue weighted by atomic mass is 10.0. The van der Waals surface area contributed by atoms with E-state index in [1.165, 1.54) is 0 Å². The normalized spacial score (nSPS) is 11.7. The third-order valence-corrected chi connectivity index (χ3v) is 2.48. The maximum Gasteiger partial charge on any atom is 0.323 e. The van der Waals surface area contributed by atoms with E-state index < -0.39 is 12.0 Å². The van der Waals surface area contributed by atoms with Gasteiger partial charge in [-0.3, -0.25) is 9.59 Å². The number of ether oxygens (including phenoxy) is 2. The molecule has 0 amide bonds. The van der Waals surface area contributed by atoms with E-state index in [1.807, 2.05) is 6.92 Å². The van der Waals surface area contributed by atoms with Crippen molar-refractivity contribution in [2.45, 2.75) is 26.3 Å². The summed E-state index contributed by atoms with van der Waals surface area (Å²) in [5.41, 5.74) is 6.06. The molecule has 1 unspecified atom stereocenters. The number of carbonyl (C=O) groups excluding carboxylic acids is 2. The van der Waals surface area contributed by atoms with Crippen LogP contribution in [0.1, 0.15) is 30.6 Å². The molecule has 0 bridgehead atoms. The van der Waals surface area contributed by atoms with E-state index in [9.17, 15) is 9.59 Å². The number of nitrogens with two attached hydrogens (primary N) is 1. The van der Waals surface area contributed by atoms with Crippen LogP contribution in [-0.4, -0.2) is 31.0 Å². The van der Waals surface area contributed by atoms with Gasteiger partial charge in [-0.2, -0.15) is 0 Å². The summed E-state index contributed by atoms with van der Waals surface area (Å²) in [4.78, 5) is 23.5. The molecule has 1 aromatic rings. The summed E-state index contributed by atoms with van der Waals surface area (Å²) in [5, 5.41) is 0. The Hall–Kier alpha value is -1.88. The fourth-order valence-electron chi connectivity index (χ4n) is 1.62. The molecule has 5 heteroatoms. The van der Waals surface area contributed by atoms with Crippen molar-refractivity contribution < 1.29 is 19.1 Å². The van der Waals surface area contributed by atoms with E-state index in [4.69, 9.17) is 15.2 Å². The minimum absolute atomic E-state index is 0.0943. The van der Waals surface area contributed by atoms with Crippen molar-refractivity contribution in [1.29, 1.82) is 0 Å². The standard InChI is InChI=1S/C14H19NO4/c1-3-18-13-8-6-5-7-10(13)12(16)9-11(15)14(17)19-4-2/h5-8,11H,3-4,9,15H2,1-2H3. The smallest absolute Gasteiger partial charge is 0.323 e. The second-order valence-electron chi connectivity index (χ2n) is 3.92. The molecule has 0 aliphatic heterocycles. The van der Waals surface area contributed by atoms with Crippen LogP contribution in [-0.2, 0) is 9.53 Å². The number of para-hydroxylation sites is 1. The average molecular weight is 265 g/mol. The van der Waals surface area contributed by atoms with Crippen LogP contribution in [0.2, 0.25) is 0 Å². The highest BCUT2D eigenvalue weighted by atomic mass is 16.5. The quantitative estimate of drug-likeness (QED) is 0.597. The van der Waals surface area contributed by atoms with E-state index in [0.717, 1.165) is 0 Å². The van der Waals surface area contributed by atoms with Crippen molar-refractivity contribution in [3.63, 3.8) is 0 Å². The first-order valence-corrected chi connectivity index (χ1v) is 6.27. The Labute approximate surface area is 112 Å². The summed E-state index contributed by atoms with van der Waals surface area (Å²) in [6, 6.07) is 5.96. The Bertz CT molecular complexity index is 445. The Morgan fingerprint density at radius 3 is 2.53 bits per heavy atom. The van der Waals surface area contributed by atoms with Gasteiger partial charge in [-0.15, -0.1) is 0 Å². The fourth-order valence-corrected chi connectivity index (χ4v) is 1.62. The van der Waals surface area contributed by atoms with E-state index in [1.54, 1.807) is 31.2 Å². The molecule has 0 saturated heterocycles. The molecule has 0 spiro atoms. The van der Waals surface area contributed by atoms with E-state index in [-0.39, 0.29) is 18.8 Å². The van der Waals surface area contributed by atoms with Gasteiger partial charge < -0.3 is 15.2 Å². The van der Waals surface area contributed by atoms with E-state index in [2.05, 4.69) is 0 Å². The molecular weight excluding hydrogens is 246 g/mol. The van der Waals surface area contributed by atoms with E-state index >= 15 is 0 Å². The van der Waals surface area contributed by atoms with Crippen molar-refractivity contribution in [1.82, 2.24) is 0 Å². The third-order valence-electron chi connectivity index (χ3n) is 2.48. The van der Waals surface area contributed by atoms with Crippen molar-refractivity contribution in [3.05, 3.63) is 29.8 Å². The van der Waals surface area contributed by atoms with Crippen LogP contribution in [0.5, 0.6) is 5.75 Å². The zero-order chi connectivity index (χ0) is 14.3. The zero-order valence-electron chi connectivity index (χ0n) is 11.2. The van der Waals surface area contributed by atoms with Gasteiger partial charge in [-0.25, -0.2) is 0 Å². The molecule has 1 aromatic carbocycles. The Morgan fingerprint density at radius 2 is 1.89 bits per heavy atom. The zero-order valence-corrected chi connectivity index (χ0v) is 11.2. The number of benzene rings is 1. The summed E-state index contributed by atoms with van der Waals surface area (Å²) in [7, 11) is 0. The summed E-state index contributed by atoms with van der Waals surface area (Å²) >= 11 is 0.